The van der Waals surface area contributed by atoms with Gasteiger partial charge in [0, 0.05) is 29.2 Å². The van der Waals surface area contributed by atoms with E-state index in [-0.39, 0.29) is 17.3 Å². The maximum absolute atomic E-state index is 13.1. The molecule has 2 aromatic rings. The quantitative estimate of drug-likeness (QED) is 0.528. The second-order valence-corrected chi connectivity index (χ2v) is 8.92. The zero-order chi connectivity index (χ0) is 22.9. The summed E-state index contributed by atoms with van der Waals surface area (Å²) in [5.74, 6) is -0.849. The number of rotatable bonds is 4. The van der Waals surface area contributed by atoms with Crippen molar-refractivity contribution < 1.29 is 22.8 Å². The van der Waals surface area contributed by atoms with Crippen LogP contribution in [0.4, 0.5) is 24.5 Å². The average molecular weight is 511 g/mol. The Bertz CT molecular complexity index is 1060. The Balaban J connectivity index is 1.74. The molecule has 12 heteroatoms. The van der Waals surface area contributed by atoms with E-state index in [1.807, 2.05) is 0 Å². The van der Waals surface area contributed by atoms with Crippen LogP contribution in [0.3, 0.4) is 0 Å². The van der Waals surface area contributed by atoms with Crippen LogP contribution in [0.1, 0.15) is 12.0 Å². The molecule has 3 rings (SSSR count). The normalized spacial score (nSPS) is 18.0. The SMILES string of the molecule is CN1C(=O)C(CC(=O)Nc2cc(Cl)cc(Cl)c2)SC1=Nc1ccc(Cl)c(C(F)(F)F)c1. The van der Waals surface area contributed by atoms with Gasteiger partial charge in [0.15, 0.2) is 5.17 Å². The molecule has 0 spiro atoms. The molecule has 0 radical (unpaired) electrons. The number of hydrogen-bond acceptors (Lipinski definition) is 4. The Morgan fingerprint density at radius 1 is 1.16 bits per heavy atom. The van der Waals surface area contributed by atoms with Crippen LogP contribution in [-0.2, 0) is 15.8 Å². The van der Waals surface area contributed by atoms with Crippen molar-refractivity contribution in [2.24, 2.45) is 4.99 Å². The predicted octanol–water partition coefficient (Wildman–Crippen LogP) is 6.26. The van der Waals surface area contributed by atoms with Crippen LogP contribution in [0.2, 0.25) is 15.1 Å². The van der Waals surface area contributed by atoms with E-state index in [1.165, 1.54) is 36.2 Å². The zero-order valence-electron chi connectivity index (χ0n) is 15.6. The maximum Gasteiger partial charge on any atom is 0.417 e. The first-order valence-corrected chi connectivity index (χ1v) is 10.6. The molecule has 1 saturated heterocycles. The van der Waals surface area contributed by atoms with Crippen molar-refractivity contribution >= 4 is 74.9 Å². The number of benzene rings is 2. The Labute approximate surface area is 194 Å². The van der Waals surface area contributed by atoms with Crippen molar-refractivity contribution in [2.45, 2.75) is 17.8 Å². The molecule has 0 aromatic heterocycles. The lowest BCUT2D eigenvalue weighted by Gasteiger charge is -2.11. The monoisotopic (exact) mass is 509 g/mol. The molecular weight excluding hydrogens is 498 g/mol. The molecule has 5 nitrogen and oxygen atoms in total. The lowest BCUT2D eigenvalue weighted by Crippen LogP contribution is -2.30. The molecule has 0 bridgehead atoms. The molecule has 1 aliphatic heterocycles. The number of thioether (sulfide) groups is 1. The molecule has 31 heavy (non-hydrogen) atoms. The molecule has 2 aromatic carbocycles. The van der Waals surface area contributed by atoms with Gasteiger partial charge in [-0.05, 0) is 36.4 Å². The number of hydrogen-bond donors (Lipinski definition) is 1. The van der Waals surface area contributed by atoms with Crippen LogP contribution >= 0.6 is 46.6 Å². The number of carbonyl (C=O) groups is 2. The Morgan fingerprint density at radius 3 is 2.42 bits per heavy atom. The molecular formula is C19H13Cl3F3N3O2S. The molecule has 1 atom stereocenters. The van der Waals surface area contributed by atoms with Gasteiger partial charge in [0.2, 0.25) is 11.8 Å². The first-order valence-electron chi connectivity index (χ1n) is 8.59. The third-order valence-corrected chi connectivity index (χ3v) is 6.13. The van der Waals surface area contributed by atoms with Gasteiger partial charge in [-0.25, -0.2) is 4.99 Å². The van der Waals surface area contributed by atoms with Crippen LogP contribution in [0, 0.1) is 0 Å². The third-order valence-electron chi connectivity index (χ3n) is 4.14. The largest absolute Gasteiger partial charge is 0.417 e. The summed E-state index contributed by atoms with van der Waals surface area (Å²) in [4.78, 5) is 30.1. The van der Waals surface area contributed by atoms with Gasteiger partial charge in [0.25, 0.3) is 0 Å². The number of alkyl halides is 3. The van der Waals surface area contributed by atoms with E-state index in [0.29, 0.717) is 15.7 Å². The highest BCUT2D eigenvalue weighted by Crippen LogP contribution is 2.38. The minimum Gasteiger partial charge on any atom is -0.326 e. The minimum absolute atomic E-state index is 0.0162. The van der Waals surface area contributed by atoms with E-state index in [4.69, 9.17) is 34.8 Å². The average Bonchev–Trinajstić information content (AvgIpc) is 2.89. The predicted molar refractivity (Wildman–Crippen MR) is 117 cm³/mol. The molecule has 0 saturated carbocycles. The molecule has 164 valence electrons. The lowest BCUT2D eigenvalue weighted by molar-refractivity contribution is -0.137. The van der Waals surface area contributed by atoms with E-state index < -0.39 is 33.8 Å². The van der Waals surface area contributed by atoms with Gasteiger partial charge in [0.1, 0.15) is 5.25 Å². The van der Waals surface area contributed by atoms with E-state index in [9.17, 15) is 22.8 Å². The lowest BCUT2D eigenvalue weighted by atomic mass is 10.2. The zero-order valence-corrected chi connectivity index (χ0v) is 18.7. The number of amides is 2. The summed E-state index contributed by atoms with van der Waals surface area (Å²) in [6.07, 6.45) is -4.81. The molecule has 2 amide bonds. The van der Waals surface area contributed by atoms with Gasteiger partial charge >= 0.3 is 6.18 Å². The van der Waals surface area contributed by atoms with Gasteiger partial charge in [-0.2, -0.15) is 13.2 Å². The van der Waals surface area contributed by atoms with E-state index in [2.05, 4.69) is 10.3 Å². The fourth-order valence-electron chi connectivity index (χ4n) is 2.71. The summed E-state index contributed by atoms with van der Waals surface area (Å²) in [6, 6.07) is 7.73. The number of carbonyl (C=O) groups excluding carboxylic acids is 2. The van der Waals surface area contributed by atoms with Gasteiger partial charge < -0.3 is 5.32 Å². The molecule has 1 fully saturated rings. The number of halogens is 6. The molecule has 1 unspecified atom stereocenters. The highest BCUT2D eigenvalue weighted by molar-refractivity contribution is 8.15. The number of aliphatic imine (C=N–C) groups is 1. The first kappa shape index (κ1) is 23.7. The summed E-state index contributed by atoms with van der Waals surface area (Å²) < 4.78 is 39.2. The minimum atomic E-state index is -4.64. The highest BCUT2D eigenvalue weighted by Gasteiger charge is 2.37. The van der Waals surface area contributed by atoms with Crippen molar-refractivity contribution in [1.29, 1.82) is 0 Å². The Morgan fingerprint density at radius 2 is 1.81 bits per heavy atom. The molecule has 0 aliphatic carbocycles. The first-order chi connectivity index (χ1) is 14.4. The summed E-state index contributed by atoms with van der Waals surface area (Å²) in [5, 5.41) is 2.22. The third kappa shape index (κ3) is 5.85. The van der Waals surface area contributed by atoms with Crippen molar-refractivity contribution in [1.82, 2.24) is 4.90 Å². The van der Waals surface area contributed by atoms with Gasteiger partial charge in [0.05, 0.1) is 16.3 Å². The summed E-state index contributed by atoms with van der Waals surface area (Å²) in [5.41, 5.74) is -0.664. The van der Waals surface area contributed by atoms with Gasteiger partial charge in [-0.3, -0.25) is 14.5 Å². The maximum atomic E-state index is 13.1. The summed E-state index contributed by atoms with van der Waals surface area (Å²) in [7, 11) is 1.43. The van der Waals surface area contributed by atoms with Crippen molar-refractivity contribution in [3.63, 3.8) is 0 Å². The molecule has 1 aliphatic rings. The summed E-state index contributed by atoms with van der Waals surface area (Å²) in [6.45, 7) is 0. The van der Waals surface area contributed by atoms with E-state index in [0.717, 1.165) is 23.9 Å². The number of nitrogens with one attached hydrogen (secondary N) is 1. The topological polar surface area (TPSA) is 61.8 Å². The van der Waals surface area contributed by atoms with E-state index in [1.54, 1.807) is 0 Å². The van der Waals surface area contributed by atoms with Crippen LogP contribution < -0.4 is 5.32 Å². The summed E-state index contributed by atoms with van der Waals surface area (Å²) >= 11 is 18.4. The molecule has 1 N–H and O–H groups in total. The Hall–Kier alpha value is -1.94. The van der Waals surface area contributed by atoms with Gasteiger partial charge in [-0.1, -0.05) is 46.6 Å². The second-order valence-electron chi connectivity index (χ2n) is 6.47. The van der Waals surface area contributed by atoms with Gasteiger partial charge in [-0.15, -0.1) is 0 Å². The smallest absolute Gasteiger partial charge is 0.326 e. The standard InChI is InChI=1S/C19H13Cl3F3N3O2S/c1-28-17(30)15(8-16(29)26-12-5-9(20)4-10(21)6-12)31-18(28)27-11-2-3-14(22)13(7-11)19(23,24)25/h2-7,15H,8H2,1H3,(H,26,29). The van der Waals surface area contributed by atoms with E-state index >= 15 is 0 Å². The van der Waals surface area contributed by atoms with Crippen LogP contribution in [0.25, 0.3) is 0 Å². The fourth-order valence-corrected chi connectivity index (χ4v) is 4.62. The molecule has 1 heterocycles. The second kappa shape index (κ2) is 9.28. The number of anilines is 1. The number of nitrogens with zero attached hydrogens (tertiary/aromatic N) is 2. The highest BCUT2D eigenvalue weighted by atomic mass is 35.5. The number of amidine groups is 1. The van der Waals surface area contributed by atoms with Crippen LogP contribution in [0.5, 0.6) is 0 Å². The Kier molecular flexibility index (Phi) is 7.10. The van der Waals surface area contributed by atoms with Crippen molar-refractivity contribution in [3.05, 3.63) is 57.0 Å². The fraction of sp³-hybridized carbons (Fsp3) is 0.211. The van der Waals surface area contributed by atoms with Crippen LogP contribution in [0.15, 0.2) is 41.4 Å². The van der Waals surface area contributed by atoms with Crippen molar-refractivity contribution in [2.75, 3.05) is 12.4 Å². The van der Waals surface area contributed by atoms with Crippen molar-refractivity contribution in [3.8, 4) is 0 Å². The van der Waals surface area contributed by atoms with Crippen LogP contribution in [-0.4, -0.2) is 34.2 Å².